The summed E-state index contributed by atoms with van der Waals surface area (Å²) in [4.78, 5) is 0. The van der Waals surface area contributed by atoms with E-state index >= 15 is 0 Å². The highest BCUT2D eigenvalue weighted by Crippen LogP contribution is 2.84. The van der Waals surface area contributed by atoms with E-state index in [0.29, 0.717) is 18.8 Å². The second kappa shape index (κ2) is 4.38. The van der Waals surface area contributed by atoms with Gasteiger partial charge in [-0.1, -0.05) is 20.8 Å². The second-order valence-corrected chi connectivity index (χ2v) is 8.36. The first-order valence-corrected chi connectivity index (χ1v) is 8.07. The van der Waals surface area contributed by atoms with E-state index in [4.69, 9.17) is 0 Å². The van der Waals surface area contributed by atoms with E-state index in [1.54, 1.807) is 0 Å². The van der Waals surface area contributed by atoms with Crippen molar-refractivity contribution >= 4 is 0 Å². The summed E-state index contributed by atoms with van der Waals surface area (Å²) in [7, 11) is 0. The van der Waals surface area contributed by atoms with E-state index in [9.17, 15) is 31.4 Å². The van der Waals surface area contributed by atoms with Gasteiger partial charge in [-0.25, -0.2) is 0 Å². The average molecular weight is 344 g/mol. The van der Waals surface area contributed by atoms with Gasteiger partial charge in [-0.3, -0.25) is 0 Å². The lowest BCUT2D eigenvalue weighted by Gasteiger charge is -2.63. The molecule has 134 valence electrons. The molecule has 4 aliphatic rings. The SMILES string of the molecule is CC(C)C12CC3(CC(CC(O)(C(F)(F)F)C(F)(F)F)C1C3)C2C. The van der Waals surface area contributed by atoms with E-state index < -0.39 is 30.3 Å². The highest BCUT2D eigenvalue weighted by atomic mass is 19.4. The van der Waals surface area contributed by atoms with Gasteiger partial charge in [0.2, 0.25) is 0 Å². The van der Waals surface area contributed by atoms with Crippen molar-refractivity contribution in [3.05, 3.63) is 0 Å². The van der Waals surface area contributed by atoms with Crippen LogP contribution in [0.4, 0.5) is 26.3 Å². The molecule has 1 spiro atoms. The van der Waals surface area contributed by atoms with Crippen LogP contribution in [0.25, 0.3) is 0 Å². The van der Waals surface area contributed by atoms with E-state index in [2.05, 4.69) is 6.92 Å². The Kier molecular flexibility index (Phi) is 3.31. The minimum Gasteiger partial charge on any atom is -0.374 e. The van der Waals surface area contributed by atoms with Crippen LogP contribution >= 0.6 is 0 Å². The Labute approximate surface area is 131 Å². The number of aliphatic hydroxyl groups is 1. The number of hydrogen-bond acceptors (Lipinski definition) is 1. The van der Waals surface area contributed by atoms with Gasteiger partial charge in [-0.05, 0) is 60.2 Å². The molecule has 0 aromatic heterocycles. The molecule has 5 atom stereocenters. The summed E-state index contributed by atoms with van der Waals surface area (Å²) in [6, 6.07) is 0. The van der Waals surface area contributed by atoms with Gasteiger partial charge in [0.1, 0.15) is 0 Å². The summed E-state index contributed by atoms with van der Waals surface area (Å²) in [5, 5.41) is 9.51. The van der Waals surface area contributed by atoms with Crippen molar-refractivity contribution < 1.29 is 31.4 Å². The van der Waals surface area contributed by atoms with Crippen LogP contribution in [0, 0.1) is 34.5 Å². The second-order valence-electron chi connectivity index (χ2n) is 8.36. The van der Waals surface area contributed by atoms with Gasteiger partial charge in [0.25, 0.3) is 5.60 Å². The van der Waals surface area contributed by atoms with Crippen LogP contribution in [0.5, 0.6) is 0 Å². The van der Waals surface area contributed by atoms with Gasteiger partial charge in [-0.2, -0.15) is 26.3 Å². The molecule has 4 aliphatic carbocycles. The number of rotatable bonds is 3. The van der Waals surface area contributed by atoms with Crippen molar-refractivity contribution in [2.24, 2.45) is 34.5 Å². The van der Waals surface area contributed by atoms with E-state index in [1.807, 2.05) is 13.8 Å². The maximum Gasteiger partial charge on any atom is 0.426 e. The number of alkyl halides is 6. The predicted octanol–water partition coefficient (Wildman–Crippen LogP) is 4.94. The molecule has 1 nitrogen and oxygen atoms in total. The first-order valence-electron chi connectivity index (χ1n) is 8.07. The van der Waals surface area contributed by atoms with Crippen molar-refractivity contribution in [3.8, 4) is 0 Å². The minimum atomic E-state index is -5.70. The summed E-state index contributed by atoms with van der Waals surface area (Å²) >= 11 is 0. The lowest BCUT2D eigenvalue weighted by atomic mass is 9.41. The van der Waals surface area contributed by atoms with Crippen molar-refractivity contribution in [1.82, 2.24) is 0 Å². The smallest absolute Gasteiger partial charge is 0.374 e. The molecule has 0 aromatic carbocycles. The molecule has 0 radical (unpaired) electrons. The average Bonchev–Trinajstić information content (AvgIpc) is 2.97. The lowest BCUT2D eigenvalue weighted by molar-refractivity contribution is -0.375. The highest BCUT2D eigenvalue weighted by molar-refractivity contribution is 5.26. The Morgan fingerprint density at radius 1 is 1.04 bits per heavy atom. The molecule has 4 saturated carbocycles. The van der Waals surface area contributed by atoms with E-state index in [1.165, 1.54) is 0 Å². The fraction of sp³-hybridized carbons (Fsp3) is 1.00. The zero-order valence-electron chi connectivity index (χ0n) is 13.4. The molecule has 1 N–H and O–H groups in total. The van der Waals surface area contributed by atoms with Gasteiger partial charge in [0, 0.05) is 0 Å². The van der Waals surface area contributed by atoms with Crippen LogP contribution in [0.15, 0.2) is 0 Å². The Hall–Kier alpha value is -0.460. The number of hydrogen-bond donors (Lipinski definition) is 1. The molecule has 0 heterocycles. The molecule has 4 rings (SSSR count). The van der Waals surface area contributed by atoms with Crippen molar-refractivity contribution in [3.63, 3.8) is 0 Å². The molecule has 0 saturated heterocycles. The summed E-state index contributed by atoms with van der Waals surface area (Å²) in [5.74, 6) is -0.281. The molecule has 0 amide bonds. The van der Waals surface area contributed by atoms with Crippen molar-refractivity contribution in [2.45, 2.75) is 64.4 Å². The lowest BCUT2D eigenvalue weighted by Crippen LogP contribution is -2.61. The van der Waals surface area contributed by atoms with Gasteiger partial charge >= 0.3 is 12.4 Å². The molecule has 0 aromatic rings. The van der Waals surface area contributed by atoms with Gasteiger partial charge in [0.05, 0.1) is 0 Å². The highest BCUT2D eigenvalue weighted by Gasteiger charge is 2.79. The first-order chi connectivity index (χ1) is 10.2. The maximum atomic E-state index is 13.0. The van der Waals surface area contributed by atoms with Crippen molar-refractivity contribution in [2.75, 3.05) is 0 Å². The summed E-state index contributed by atoms with van der Waals surface area (Å²) < 4.78 is 77.8. The van der Waals surface area contributed by atoms with Crippen LogP contribution in [0.2, 0.25) is 0 Å². The van der Waals surface area contributed by atoms with Crippen LogP contribution in [-0.2, 0) is 0 Å². The molecule has 7 heteroatoms. The fourth-order valence-corrected chi connectivity index (χ4v) is 6.40. The minimum absolute atomic E-state index is 0.0995. The van der Waals surface area contributed by atoms with E-state index in [0.717, 1.165) is 6.42 Å². The predicted molar refractivity (Wildman–Crippen MR) is 71.4 cm³/mol. The maximum absolute atomic E-state index is 13.0. The zero-order chi connectivity index (χ0) is 17.6. The Morgan fingerprint density at radius 2 is 1.57 bits per heavy atom. The zero-order valence-corrected chi connectivity index (χ0v) is 13.4. The van der Waals surface area contributed by atoms with Gasteiger partial charge in [0.15, 0.2) is 0 Å². The topological polar surface area (TPSA) is 20.2 Å². The normalized spacial score (nSPS) is 43.2. The van der Waals surface area contributed by atoms with Crippen LogP contribution in [0.1, 0.15) is 46.5 Å². The third-order valence-corrected chi connectivity index (χ3v) is 7.51. The van der Waals surface area contributed by atoms with Crippen LogP contribution < -0.4 is 0 Å². The third-order valence-electron chi connectivity index (χ3n) is 7.51. The van der Waals surface area contributed by atoms with Gasteiger partial charge in [-0.15, -0.1) is 0 Å². The van der Waals surface area contributed by atoms with Crippen LogP contribution in [-0.4, -0.2) is 23.1 Å². The Bertz CT molecular complexity index is 496. The standard InChI is InChI=1S/C16H22F6O/c1-8(2)13-7-12(9(13)3)4-10(11(13)6-12)5-14(23,15(17,18)19)16(20,21)22/h8-11,23H,4-7H2,1-3H3. The Morgan fingerprint density at radius 3 is 1.91 bits per heavy atom. The number of halogens is 6. The largest absolute Gasteiger partial charge is 0.426 e. The first kappa shape index (κ1) is 17.4. The molecular formula is C16H22F6O. The fourth-order valence-electron chi connectivity index (χ4n) is 6.40. The molecule has 5 unspecified atom stereocenters. The molecule has 3 bridgehead atoms. The molecular weight excluding hydrogens is 322 g/mol. The molecule has 0 aliphatic heterocycles. The molecule has 4 fully saturated rings. The Balaban J connectivity index is 1.88. The van der Waals surface area contributed by atoms with Crippen molar-refractivity contribution in [1.29, 1.82) is 0 Å². The summed E-state index contributed by atoms with van der Waals surface area (Å²) in [6.45, 7) is 6.08. The summed E-state index contributed by atoms with van der Waals surface area (Å²) in [6.07, 6.45) is -10.7. The monoisotopic (exact) mass is 344 g/mol. The van der Waals surface area contributed by atoms with E-state index in [-0.39, 0.29) is 22.7 Å². The quantitative estimate of drug-likeness (QED) is 0.719. The summed E-state index contributed by atoms with van der Waals surface area (Å²) in [5.41, 5.74) is -4.85. The third kappa shape index (κ3) is 1.86. The van der Waals surface area contributed by atoms with Gasteiger partial charge < -0.3 is 5.11 Å². The molecule has 23 heavy (non-hydrogen) atoms. The van der Waals surface area contributed by atoms with Crippen LogP contribution in [0.3, 0.4) is 0 Å².